The molecule has 0 saturated heterocycles. The lowest BCUT2D eigenvalue weighted by atomic mass is 9.88. The molecule has 0 radical (unpaired) electrons. The van der Waals surface area contributed by atoms with Gasteiger partial charge in [-0.05, 0) is 49.4 Å². The molecule has 7 heteroatoms. The van der Waals surface area contributed by atoms with Gasteiger partial charge in [0.25, 0.3) is 5.56 Å². The van der Waals surface area contributed by atoms with Crippen molar-refractivity contribution in [1.29, 1.82) is 0 Å². The Hall–Kier alpha value is -3.09. The third kappa shape index (κ3) is 3.32. The molecular formula is C20H22N4O3. The average Bonchev–Trinajstić information content (AvgIpc) is 3.03. The molecule has 2 aromatic heterocycles. The number of fused-ring (bicyclic) bond motifs is 3. The predicted octanol–water partition coefficient (Wildman–Crippen LogP) is 2.27. The Balaban J connectivity index is 1.58. The Morgan fingerprint density at radius 1 is 1.30 bits per heavy atom. The fourth-order valence-corrected chi connectivity index (χ4v) is 3.60. The zero-order valence-corrected chi connectivity index (χ0v) is 15.4. The number of aromatic nitrogens is 3. The summed E-state index contributed by atoms with van der Waals surface area (Å²) in [5, 5.41) is 7.35. The van der Waals surface area contributed by atoms with E-state index in [0.29, 0.717) is 17.1 Å². The van der Waals surface area contributed by atoms with Crippen LogP contribution in [0.15, 0.2) is 41.5 Å². The highest BCUT2D eigenvalue weighted by Crippen LogP contribution is 2.26. The molecule has 0 spiro atoms. The molecule has 1 aliphatic rings. The SMILES string of the molecule is COc1ccc(NC(=O)Cn2ccn3nc4c(c3c2=O)C[C@H](C)CC4)cc1. The molecule has 1 aromatic carbocycles. The molecule has 1 aliphatic carbocycles. The second-order valence-corrected chi connectivity index (χ2v) is 7.07. The van der Waals surface area contributed by atoms with Gasteiger partial charge in [-0.15, -0.1) is 0 Å². The van der Waals surface area contributed by atoms with Crippen molar-refractivity contribution in [3.8, 4) is 5.75 Å². The number of anilines is 1. The fourth-order valence-electron chi connectivity index (χ4n) is 3.60. The lowest BCUT2D eigenvalue weighted by Crippen LogP contribution is -2.28. The standard InChI is InChI=1S/C20H22N4O3/c1-13-3-8-17-16(11-13)19-20(26)23(9-10-24(19)22-17)12-18(25)21-14-4-6-15(27-2)7-5-14/h4-7,9-10,13H,3,8,11-12H2,1-2H3,(H,21,25)/t13-/m1/s1. The van der Waals surface area contributed by atoms with E-state index in [4.69, 9.17) is 4.74 Å². The van der Waals surface area contributed by atoms with Gasteiger partial charge in [0, 0.05) is 23.6 Å². The zero-order valence-electron chi connectivity index (χ0n) is 15.4. The van der Waals surface area contributed by atoms with Crippen molar-refractivity contribution in [2.75, 3.05) is 12.4 Å². The van der Waals surface area contributed by atoms with Gasteiger partial charge in [-0.1, -0.05) is 6.92 Å². The minimum absolute atomic E-state index is 0.0448. The predicted molar refractivity (Wildman–Crippen MR) is 102 cm³/mol. The number of carbonyl (C=O) groups excluding carboxylic acids is 1. The maximum absolute atomic E-state index is 12.9. The molecule has 2 heterocycles. The smallest absolute Gasteiger partial charge is 0.277 e. The molecule has 0 unspecified atom stereocenters. The summed E-state index contributed by atoms with van der Waals surface area (Å²) in [5.74, 6) is 1.000. The van der Waals surface area contributed by atoms with Gasteiger partial charge in [0.2, 0.25) is 5.91 Å². The van der Waals surface area contributed by atoms with Crippen LogP contribution in [0.1, 0.15) is 24.6 Å². The van der Waals surface area contributed by atoms with Crippen molar-refractivity contribution >= 4 is 17.1 Å². The third-order valence-corrected chi connectivity index (χ3v) is 5.06. The van der Waals surface area contributed by atoms with Crippen LogP contribution in [0, 0.1) is 5.92 Å². The minimum Gasteiger partial charge on any atom is -0.497 e. The highest BCUT2D eigenvalue weighted by molar-refractivity contribution is 5.90. The van der Waals surface area contributed by atoms with Gasteiger partial charge in [0.1, 0.15) is 17.8 Å². The molecule has 140 valence electrons. The summed E-state index contributed by atoms with van der Waals surface area (Å²) in [6.45, 7) is 2.15. The Labute approximate surface area is 156 Å². The van der Waals surface area contributed by atoms with Gasteiger partial charge in [-0.25, -0.2) is 4.52 Å². The van der Waals surface area contributed by atoms with Gasteiger partial charge in [-0.2, -0.15) is 5.10 Å². The Morgan fingerprint density at radius 3 is 2.81 bits per heavy atom. The van der Waals surface area contributed by atoms with E-state index in [-0.39, 0.29) is 18.0 Å². The summed E-state index contributed by atoms with van der Waals surface area (Å²) < 4.78 is 8.20. The lowest BCUT2D eigenvalue weighted by Gasteiger charge is -2.16. The number of hydrogen-bond acceptors (Lipinski definition) is 4. The maximum atomic E-state index is 12.9. The van der Waals surface area contributed by atoms with E-state index in [2.05, 4.69) is 17.3 Å². The number of hydrogen-bond donors (Lipinski definition) is 1. The van der Waals surface area contributed by atoms with E-state index in [1.807, 2.05) is 0 Å². The third-order valence-electron chi connectivity index (χ3n) is 5.06. The highest BCUT2D eigenvalue weighted by atomic mass is 16.5. The van der Waals surface area contributed by atoms with Crippen LogP contribution >= 0.6 is 0 Å². The van der Waals surface area contributed by atoms with Gasteiger partial charge in [0.05, 0.1) is 12.8 Å². The molecule has 0 saturated carbocycles. The molecule has 27 heavy (non-hydrogen) atoms. The molecule has 0 aliphatic heterocycles. The molecule has 7 nitrogen and oxygen atoms in total. The first kappa shape index (κ1) is 17.3. The lowest BCUT2D eigenvalue weighted by molar-refractivity contribution is -0.116. The summed E-state index contributed by atoms with van der Waals surface area (Å²) in [6.07, 6.45) is 6.21. The molecule has 4 rings (SSSR count). The van der Waals surface area contributed by atoms with Crippen LogP contribution in [0.3, 0.4) is 0 Å². The Bertz CT molecular complexity index is 1050. The first-order valence-electron chi connectivity index (χ1n) is 9.08. The molecule has 1 amide bonds. The molecule has 0 fully saturated rings. The van der Waals surface area contributed by atoms with Crippen LogP contribution < -0.4 is 15.6 Å². The number of benzene rings is 1. The fraction of sp³-hybridized carbons (Fsp3) is 0.350. The number of nitrogens with one attached hydrogen (secondary N) is 1. The zero-order chi connectivity index (χ0) is 19.0. The van der Waals surface area contributed by atoms with Gasteiger partial charge < -0.3 is 14.6 Å². The highest BCUT2D eigenvalue weighted by Gasteiger charge is 2.23. The van der Waals surface area contributed by atoms with E-state index in [0.717, 1.165) is 36.3 Å². The van der Waals surface area contributed by atoms with Crippen molar-refractivity contribution in [2.45, 2.75) is 32.7 Å². The van der Waals surface area contributed by atoms with Crippen LogP contribution in [-0.4, -0.2) is 27.2 Å². The quantitative estimate of drug-likeness (QED) is 0.768. The summed E-state index contributed by atoms with van der Waals surface area (Å²) in [4.78, 5) is 25.3. The van der Waals surface area contributed by atoms with Crippen molar-refractivity contribution in [3.63, 3.8) is 0 Å². The average molecular weight is 366 g/mol. The number of aryl methyl sites for hydroxylation is 1. The summed E-state index contributed by atoms with van der Waals surface area (Å²) in [5.41, 5.74) is 3.11. The molecule has 3 aromatic rings. The van der Waals surface area contributed by atoms with Gasteiger partial charge >= 0.3 is 0 Å². The summed E-state index contributed by atoms with van der Waals surface area (Å²) >= 11 is 0. The largest absolute Gasteiger partial charge is 0.497 e. The number of ether oxygens (including phenoxy) is 1. The van der Waals surface area contributed by atoms with Crippen molar-refractivity contribution in [2.24, 2.45) is 5.92 Å². The molecule has 1 N–H and O–H groups in total. The van der Waals surface area contributed by atoms with Gasteiger partial charge in [-0.3, -0.25) is 9.59 Å². The number of methoxy groups -OCH3 is 1. The van der Waals surface area contributed by atoms with Gasteiger partial charge in [0.15, 0.2) is 0 Å². The number of rotatable bonds is 4. The molecule has 1 atom stereocenters. The van der Waals surface area contributed by atoms with Crippen molar-refractivity contribution < 1.29 is 9.53 Å². The van der Waals surface area contributed by atoms with Crippen LogP contribution in [0.2, 0.25) is 0 Å². The Kier molecular flexibility index (Phi) is 4.43. The number of amides is 1. The van der Waals surface area contributed by atoms with E-state index in [1.54, 1.807) is 48.3 Å². The van der Waals surface area contributed by atoms with Crippen LogP contribution in [0.4, 0.5) is 5.69 Å². The van der Waals surface area contributed by atoms with Crippen LogP contribution in [0.5, 0.6) is 5.75 Å². The number of nitrogens with zero attached hydrogens (tertiary/aromatic N) is 3. The summed E-state index contributed by atoms with van der Waals surface area (Å²) in [6, 6.07) is 7.07. The second kappa shape index (κ2) is 6.90. The Morgan fingerprint density at radius 2 is 2.07 bits per heavy atom. The van der Waals surface area contributed by atoms with Crippen LogP contribution in [0.25, 0.3) is 5.52 Å². The molecular weight excluding hydrogens is 344 g/mol. The van der Waals surface area contributed by atoms with E-state index >= 15 is 0 Å². The van der Waals surface area contributed by atoms with E-state index in [1.165, 1.54) is 4.57 Å². The first-order valence-corrected chi connectivity index (χ1v) is 9.08. The maximum Gasteiger partial charge on any atom is 0.277 e. The molecule has 0 bridgehead atoms. The second-order valence-electron chi connectivity index (χ2n) is 7.07. The van der Waals surface area contributed by atoms with Crippen molar-refractivity contribution in [1.82, 2.24) is 14.2 Å². The monoisotopic (exact) mass is 366 g/mol. The van der Waals surface area contributed by atoms with Crippen molar-refractivity contribution in [3.05, 3.63) is 58.3 Å². The van der Waals surface area contributed by atoms with E-state index < -0.39 is 0 Å². The number of carbonyl (C=O) groups is 1. The van der Waals surface area contributed by atoms with Crippen LogP contribution in [-0.2, 0) is 24.2 Å². The van der Waals surface area contributed by atoms with E-state index in [9.17, 15) is 9.59 Å². The normalized spacial score (nSPS) is 16.1. The minimum atomic E-state index is -0.256. The topological polar surface area (TPSA) is 77.6 Å². The first-order chi connectivity index (χ1) is 13.0. The summed E-state index contributed by atoms with van der Waals surface area (Å²) in [7, 11) is 1.59.